The van der Waals surface area contributed by atoms with Gasteiger partial charge in [-0.05, 0) is 79.8 Å². The first-order chi connectivity index (χ1) is 18.0. The van der Waals surface area contributed by atoms with Crippen molar-refractivity contribution < 1.29 is 23.7 Å². The molecule has 1 amide bonds. The molecule has 0 spiro atoms. The minimum absolute atomic E-state index is 0.133. The number of carbonyl (C=O) groups is 1. The van der Waals surface area contributed by atoms with E-state index in [1.165, 1.54) is 0 Å². The third kappa shape index (κ3) is 6.81. The van der Waals surface area contributed by atoms with Crippen LogP contribution in [0.2, 0.25) is 0 Å². The smallest absolute Gasteiger partial charge is 0.266 e. The van der Waals surface area contributed by atoms with Gasteiger partial charge in [0.05, 0.1) is 6.10 Å². The van der Waals surface area contributed by atoms with E-state index >= 15 is 0 Å². The number of rotatable bonds is 10. The highest BCUT2D eigenvalue weighted by atomic mass is 16.7. The average molecular weight is 503 g/mol. The number of hydrogen-bond acceptors (Lipinski definition) is 6. The van der Waals surface area contributed by atoms with Gasteiger partial charge >= 0.3 is 0 Å². The van der Waals surface area contributed by atoms with Gasteiger partial charge in [-0.3, -0.25) is 9.69 Å². The fourth-order valence-electron chi connectivity index (χ4n) is 4.78. The molecule has 0 radical (unpaired) electrons. The van der Waals surface area contributed by atoms with E-state index in [-0.39, 0.29) is 18.8 Å². The van der Waals surface area contributed by atoms with Gasteiger partial charge in [-0.1, -0.05) is 30.3 Å². The van der Waals surface area contributed by atoms with Crippen LogP contribution in [0.15, 0.2) is 66.7 Å². The van der Waals surface area contributed by atoms with Crippen LogP contribution in [-0.4, -0.2) is 49.5 Å². The molecular formula is C30H34N2O5. The summed E-state index contributed by atoms with van der Waals surface area (Å²) in [7, 11) is 0. The number of ether oxygens (including phenoxy) is 4. The summed E-state index contributed by atoms with van der Waals surface area (Å²) >= 11 is 0. The van der Waals surface area contributed by atoms with E-state index in [1.807, 2.05) is 80.6 Å². The highest BCUT2D eigenvalue weighted by Gasteiger charge is 2.28. The lowest BCUT2D eigenvalue weighted by atomic mass is 10.1. The molecule has 3 aromatic rings. The van der Waals surface area contributed by atoms with E-state index in [2.05, 4.69) is 10.2 Å². The van der Waals surface area contributed by atoms with E-state index in [0.29, 0.717) is 25.4 Å². The quantitative estimate of drug-likeness (QED) is 0.416. The molecule has 37 heavy (non-hydrogen) atoms. The van der Waals surface area contributed by atoms with E-state index in [4.69, 9.17) is 18.9 Å². The zero-order chi connectivity index (χ0) is 25.6. The van der Waals surface area contributed by atoms with E-state index in [0.717, 1.165) is 53.3 Å². The number of aryl methyl sites for hydroxylation is 2. The van der Waals surface area contributed by atoms with Gasteiger partial charge in [0, 0.05) is 31.9 Å². The Labute approximate surface area is 218 Å². The largest absolute Gasteiger partial charge is 0.479 e. The Balaban J connectivity index is 1.38. The van der Waals surface area contributed by atoms with Crippen molar-refractivity contribution in [2.45, 2.75) is 45.4 Å². The van der Waals surface area contributed by atoms with Gasteiger partial charge in [0.2, 0.25) is 6.79 Å². The van der Waals surface area contributed by atoms with Crippen molar-refractivity contribution in [3.8, 4) is 17.2 Å². The first-order valence-electron chi connectivity index (χ1n) is 12.9. The normalized spacial score (nSPS) is 17.1. The lowest BCUT2D eigenvalue weighted by Crippen LogP contribution is -2.45. The molecule has 0 aromatic heterocycles. The minimum Gasteiger partial charge on any atom is -0.479 e. The van der Waals surface area contributed by atoms with Gasteiger partial charge in [0.15, 0.2) is 17.6 Å². The summed E-state index contributed by atoms with van der Waals surface area (Å²) in [6.45, 7) is 6.77. The number of carbonyl (C=O) groups excluding carboxylic acids is 1. The Kier molecular flexibility index (Phi) is 7.92. The standard InChI is InChI=1S/C30H34N2O5/c1-21-6-3-8-24(14-21)31-30(33)29(37-25-9-4-7-22(2)15-25)19-32(18-26-10-5-13-34-26)17-23-11-12-27-28(16-23)36-20-35-27/h3-4,6-9,11-12,14-16,26,29H,5,10,13,17-20H2,1-2H3,(H,31,33)/t26-,29+/m0/s1. The van der Waals surface area contributed by atoms with Crippen LogP contribution >= 0.6 is 0 Å². The molecule has 2 aliphatic heterocycles. The fraction of sp³-hybridized carbons (Fsp3) is 0.367. The molecule has 2 atom stereocenters. The maximum atomic E-state index is 13.6. The van der Waals surface area contributed by atoms with Crippen molar-refractivity contribution in [2.75, 3.05) is 31.8 Å². The van der Waals surface area contributed by atoms with Crippen LogP contribution in [0.1, 0.15) is 29.5 Å². The molecular weight excluding hydrogens is 468 g/mol. The number of fused-ring (bicyclic) bond motifs is 1. The summed E-state index contributed by atoms with van der Waals surface area (Å²) in [4.78, 5) is 15.8. The predicted octanol–water partition coefficient (Wildman–Crippen LogP) is 5.10. The number of nitrogens with zero attached hydrogens (tertiary/aromatic N) is 1. The molecule has 194 valence electrons. The van der Waals surface area contributed by atoms with E-state index < -0.39 is 6.10 Å². The maximum absolute atomic E-state index is 13.6. The Morgan fingerprint density at radius 1 is 1.03 bits per heavy atom. The first kappa shape index (κ1) is 25.1. The zero-order valence-electron chi connectivity index (χ0n) is 21.4. The van der Waals surface area contributed by atoms with Gasteiger partial charge < -0.3 is 24.3 Å². The van der Waals surface area contributed by atoms with Crippen LogP contribution in [0.25, 0.3) is 0 Å². The minimum atomic E-state index is -0.724. The lowest BCUT2D eigenvalue weighted by molar-refractivity contribution is -0.123. The summed E-state index contributed by atoms with van der Waals surface area (Å²) in [6.07, 6.45) is 1.47. The summed E-state index contributed by atoms with van der Waals surface area (Å²) in [6, 6.07) is 21.6. The Bertz CT molecular complexity index is 1220. The molecule has 1 N–H and O–H groups in total. The maximum Gasteiger partial charge on any atom is 0.266 e. The van der Waals surface area contributed by atoms with Crippen LogP contribution < -0.4 is 19.5 Å². The molecule has 1 saturated heterocycles. The van der Waals surface area contributed by atoms with Crippen LogP contribution in [0, 0.1) is 13.8 Å². The molecule has 0 unspecified atom stereocenters. The molecule has 2 heterocycles. The highest BCUT2D eigenvalue weighted by molar-refractivity contribution is 5.94. The van der Waals surface area contributed by atoms with Gasteiger partial charge in [0.25, 0.3) is 5.91 Å². The number of anilines is 1. The monoisotopic (exact) mass is 502 g/mol. The predicted molar refractivity (Wildman–Crippen MR) is 142 cm³/mol. The highest BCUT2D eigenvalue weighted by Crippen LogP contribution is 2.33. The van der Waals surface area contributed by atoms with Crippen molar-refractivity contribution in [3.63, 3.8) is 0 Å². The third-order valence-electron chi connectivity index (χ3n) is 6.60. The molecule has 2 aliphatic rings. The van der Waals surface area contributed by atoms with Crippen molar-refractivity contribution in [3.05, 3.63) is 83.4 Å². The second kappa shape index (κ2) is 11.7. The number of nitrogens with one attached hydrogen (secondary N) is 1. The number of hydrogen-bond donors (Lipinski definition) is 1. The fourth-order valence-corrected chi connectivity index (χ4v) is 4.78. The van der Waals surface area contributed by atoms with Gasteiger partial charge in [-0.15, -0.1) is 0 Å². The van der Waals surface area contributed by atoms with Crippen molar-refractivity contribution >= 4 is 11.6 Å². The number of amides is 1. The zero-order valence-corrected chi connectivity index (χ0v) is 21.4. The van der Waals surface area contributed by atoms with E-state index in [9.17, 15) is 4.79 Å². The summed E-state index contributed by atoms with van der Waals surface area (Å²) in [5, 5.41) is 3.06. The van der Waals surface area contributed by atoms with Gasteiger partial charge in [-0.2, -0.15) is 0 Å². The van der Waals surface area contributed by atoms with Crippen LogP contribution in [0.4, 0.5) is 5.69 Å². The Morgan fingerprint density at radius 3 is 2.62 bits per heavy atom. The Hall–Kier alpha value is -3.55. The molecule has 3 aromatic carbocycles. The average Bonchev–Trinajstić information content (AvgIpc) is 3.55. The molecule has 0 aliphatic carbocycles. The lowest BCUT2D eigenvalue weighted by Gasteiger charge is -2.29. The second-order valence-electron chi connectivity index (χ2n) is 9.80. The topological polar surface area (TPSA) is 69.3 Å². The second-order valence-corrected chi connectivity index (χ2v) is 9.80. The third-order valence-corrected chi connectivity index (χ3v) is 6.60. The molecule has 5 rings (SSSR count). The molecule has 7 nitrogen and oxygen atoms in total. The summed E-state index contributed by atoms with van der Waals surface area (Å²) in [5.41, 5.74) is 3.99. The van der Waals surface area contributed by atoms with Gasteiger partial charge in [0.1, 0.15) is 5.75 Å². The molecule has 1 fully saturated rings. The van der Waals surface area contributed by atoms with Crippen molar-refractivity contribution in [1.29, 1.82) is 0 Å². The van der Waals surface area contributed by atoms with Crippen molar-refractivity contribution in [1.82, 2.24) is 4.90 Å². The molecule has 0 bridgehead atoms. The van der Waals surface area contributed by atoms with Crippen LogP contribution in [0.5, 0.6) is 17.2 Å². The summed E-state index contributed by atoms with van der Waals surface area (Å²) < 4.78 is 23.3. The Morgan fingerprint density at radius 2 is 1.84 bits per heavy atom. The van der Waals surface area contributed by atoms with Crippen LogP contribution in [-0.2, 0) is 16.1 Å². The van der Waals surface area contributed by atoms with Crippen molar-refractivity contribution in [2.24, 2.45) is 0 Å². The van der Waals surface area contributed by atoms with Crippen LogP contribution in [0.3, 0.4) is 0 Å². The molecule has 0 saturated carbocycles. The number of benzene rings is 3. The van der Waals surface area contributed by atoms with E-state index in [1.54, 1.807) is 0 Å². The first-order valence-corrected chi connectivity index (χ1v) is 12.9. The molecule has 7 heteroatoms. The van der Waals surface area contributed by atoms with Gasteiger partial charge in [-0.25, -0.2) is 0 Å². The summed E-state index contributed by atoms with van der Waals surface area (Å²) in [5.74, 6) is 1.99. The SMILES string of the molecule is Cc1cccc(NC(=O)[C@@H](CN(Cc2ccc3c(c2)OCO3)C[C@@H]2CCCO2)Oc2cccc(C)c2)c1.